The van der Waals surface area contributed by atoms with Gasteiger partial charge in [0.15, 0.2) is 0 Å². The molecule has 2 amide bonds. The number of carbonyl (C=O) groups excluding carboxylic acids is 2. The molecule has 14 heteroatoms. The predicted molar refractivity (Wildman–Crippen MR) is 204 cm³/mol. The van der Waals surface area contributed by atoms with E-state index in [-0.39, 0.29) is 35.6 Å². The first kappa shape index (κ1) is 37.1. The highest BCUT2D eigenvalue weighted by Gasteiger charge is 2.24. The Kier molecular flexibility index (Phi) is 11.9. The first-order valence-corrected chi connectivity index (χ1v) is 19.6. The number of benzene rings is 5. The zero-order valence-corrected chi connectivity index (χ0v) is 30.0. The highest BCUT2D eigenvalue weighted by molar-refractivity contribution is 7.92. The third kappa shape index (κ3) is 9.99. The highest BCUT2D eigenvalue weighted by Crippen LogP contribution is 2.26. The molecule has 0 saturated carbocycles. The maximum atomic E-state index is 13.1. The number of para-hydroxylation sites is 2. The second kappa shape index (κ2) is 16.7. The van der Waals surface area contributed by atoms with Crippen LogP contribution < -0.4 is 19.5 Å². The van der Waals surface area contributed by atoms with Gasteiger partial charge in [-0.15, -0.1) is 0 Å². The zero-order valence-electron chi connectivity index (χ0n) is 28.3. The molecule has 0 radical (unpaired) electrons. The van der Waals surface area contributed by atoms with Crippen LogP contribution in [0.3, 0.4) is 0 Å². The molecule has 12 nitrogen and oxygen atoms in total. The average molecular weight is 737 g/mol. The number of hydrazone groups is 2. The molecule has 0 bridgehead atoms. The number of carbonyl (C=O) groups is 2. The Balaban J connectivity index is 1.22. The maximum Gasteiger partial charge on any atom is 0.273 e. The molecule has 266 valence electrons. The lowest BCUT2D eigenvalue weighted by atomic mass is 10.1. The molecule has 0 aliphatic heterocycles. The number of rotatable bonds is 14. The van der Waals surface area contributed by atoms with Crippen molar-refractivity contribution in [1.29, 1.82) is 0 Å². The maximum absolute atomic E-state index is 13.1. The molecule has 0 heterocycles. The Morgan fingerprint density at radius 1 is 0.519 bits per heavy atom. The summed E-state index contributed by atoms with van der Waals surface area (Å²) in [4.78, 5) is 26.3. The van der Waals surface area contributed by atoms with Crippen LogP contribution in [0.15, 0.2) is 144 Å². The second-order valence-corrected chi connectivity index (χ2v) is 15.4. The molecule has 0 atom stereocenters. The fraction of sp³-hybridized carbons (Fsp3) is 0.105. The number of sulfonamides is 2. The highest BCUT2D eigenvalue weighted by atomic mass is 32.2. The van der Waals surface area contributed by atoms with Crippen LogP contribution in [-0.4, -0.2) is 53.6 Å². The lowest BCUT2D eigenvalue weighted by Gasteiger charge is -2.24. The summed E-state index contributed by atoms with van der Waals surface area (Å²) in [5.41, 5.74) is 8.46. The molecule has 0 saturated heterocycles. The van der Waals surface area contributed by atoms with Gasteiger partial charge in [0.25, 0.3) is 11.8 Å². The summed E-state index contributed by atoms with van der Waals surface area (Å²) in [6.07, 6.45) is 5.04. The van der Waals surface area contributed by atoms with E-state index in [0.717, 1.165) is 23.6 Å². The molecule has 0 unspecified atom stereocenters. The third-order valence-corrected chi connectivity index (χ3v) is 9.92. The van der Waals surface area contributed by atoms with Gasteiger partial charge in [-0.25, -0.2) is 27.7 Å². The monoisotopic (exact) mass is 736 g/mol. The number of amides is 2. The van der Waals surface area contributed by atoms with Crippen LogP contribution in [0.25, 0.3) is 0 Å². The molecule has 0 spiro atoms. The second-order valence-electron chi connectivity index (χ2n) is 11.6. The van der Waals surface area contributed by atoms with E-state index < -0.39 is 31.9 Å². The van der Waals surface area contributed by atoms with Crippen molar-refractivity contribution in [2.45, 2.75) is 13.1 Å². The average Bonchev–Trinajstić information content (AvgIpc) is 3.13. The van der Waals surface area contributed by atoms with Crippen LogP contribution in [0.4, 0.5) is 11.4 Å². The molecular formula is C38H36N6O6S2. The van der Waals surface area contributed by atoms with Gasteiger partial charge in [0.05, 0.1) is 60.5 Å². The minimum atomic E-state index is -3.73. The molecule has 0 aliphatic carbocycles. The molecule has 5 aromatic rings. The first-order chi connectivity index (χ1) is 24.9. The molecule has 0 aromatic heterocycles. The van der Waals surface area contributed by atoms with Gasteiger partial charge in [0, 0.05) is 0 Å². The summed E-state index contributed by atoms with van der Waals surface area (Å²) >= 11 is 0. The summed E-state index contributed by atoms with van der Waals surface area (Å²) in [7, 11) is -7.46. The predicted octanol–water partition coefficient (Wildman–Crippen LogP) is 5.15. The Morgan fingerprint density at radius 3 is 1.19 bits per heavy atom. The fourth-order valence-electron chi connectivity index (χ4n) is 5.15. The van der Waals surface area contributed by atoms with Crippen LogP contribution in [-0.2, 0) is 33.1 Å². The fourth-order valence-corrected chi connectivity index (χ4v) is 6.95. The van der Waals surface area contributed by atoms with E-state index >= 15 is 0 Å². The van der Waals surface area contributed by atoms with Crippen LogP contribution in [0.2, 0.25) is 0 Å². The van der Waals surface area contributed by atoms with E-state index in [1.807, 2.05) is 60.7 Å². The number of hydrogen-bond acceptors (Lipinski definition) is 8. The topological polar surface area (TPSA) is 158 Å². The summed E-state index contributed by atoms with van der Waals surface area (Å²) in [6.45, 7) is 0.104. The number of nitrogens with zero attached hydrogens (tertiary/aromatic N) is 4. The molecular weight excluding hydrogens is 701 g/mol. The molecule has 0 fully saturated rings. The van der Waals surface area contributed by atoms with E-state index in [4.69, 9.17) is 0 Å². The van der Waals surface area contributed by atoms with Gasteiger partial charge in [0.2, 0.25) is 20.0 Å². The van der Waals surface area contributed by atoms with E-state index in [1.165, 1.54) is 33.2 Å². The minimum absolute atomic E-state index is 0.0520. The number of hydrogen-bond donors (Lipinski definition) is 2. The summed E-state index contributed by atoms with van der Waals surface area (Å²) in [5, 5.41) is 8.10. The van der Waals surface area contributed by atoms with Crippen LogP contribution in [0.5, 0.6) is 0 Å². The smallest absolute Gasteiger partial charge is 0.267 e. The van der Waals surface area contributed by atoms with E-state index in [0.29, 0.717) is 11.1 Å². The molecule has 5 rings (SSSR count). The molecule has 0 aliphatic rings. The SMILES string of the molecule is CS(=O)(=O)N(Cc1ccccc1)c1ccccc1C(=O)N/N=C/c1ccc(/C=N/NC(=O)c2ccccc2N(Cc2ccccc2)S(C)(=O)=O)cc1. The van der Waals surface area contributed by atoms with E-state index in [9.17, 15) is 26.4 Å². The summed E-state index contributed by atoms with van der Waals surface area (Å²) in [5.74, 6) is -1.18. The Bertz CT molecular complexity index is 2140. The number of nitrogens with one attached hydrogen (secondary N) is 2. The van der Waals surface area contributed by atoms with Crippen molar-refractivity contribution in [3.63, 3.8) is 0 Å². The third-order valence-electron chi connectivity index (χ3n) is 7.67. The van der Waals surface area contributed by atoms with Crippen molar-refractivity contribution in [1.82, 2.24) is 10.9 Å². The molecule has 5 aromatic carbocycles. The summed E-state index contributed by atoms with van der Waals surface area (Å²) < 4.78 is 53.3. The Hall–Kier alpha value is -6.12. The van der Waals surface area contributed by atoms with Gasteiger partial charge in [-0.2, -0.15) is 10.2 Å². The van der Waals surface area contributed by atoms with Gasteiger partial charge in [-0.3, -0.25) is 18.2 Å². The van der Waals surface area contributed by atoms with Crippen molar-refractivity contribution in [3.8, 4) is 0 Å². The van der Waals surface area contributed by atoms with E-state index in [1.54, 1.807) is 60.7 Å². The standard InChI is InChI=1S/C38H36N6O6S2/c1-51(47,48)43(27-31-13-5-3-6-14-31)35-19-11-9-17-33(35)37(45)41-39-25-29-21-23-30(24-22-29)26-40-42-38(46)34-18-10-12-20-36(34)44(52(2,49)50)28-32-15-7-4-8-16-32/h3-26H,27-28H2,1-2H3,(H,41,45)(H,42,46)/b39-25+,40-26+. The van der Waals surface area contributed by atoms with Gasteiger partial charge in [0.1, 0.15) is 0 Å². The molecule has 52 heavy (non-hydrogen) atoms. The first-order valence-electron chi connectivity index (χ1n) is 15.9. The van der Waals surface area contributed by atoms with Crippen LogP contribution in [0.1, 0.15) is 43.0 Å². The Labute approximate surface area is 303 Å². The zero-order chi connectivity index (χ0) is 37.1. The summed E-state index contributed by atoms with van der Waals surface area (Å²) in [6, 6.07) is 37.9. The minimum Gasteiger partial charge on any atom is -0.267 e. The van der Waals surface area contributed by atoms with Gasteiger partial charge in [-0.1, -0.05) is 109 Å². The van der Waals surface area contributed by atoms with Crippen molar-refractivity contribution >= 4 is 55.7 Å². The van der Waals surface area contributed by atoms with Gasteiger partial charge in [-0.05, 0) is 46.5 Å². The lowest BCUT2D eigenvalue weighted by molar-refractivity contribution is 0.0947. The van der Waals surface area contributed by atoms with Crippen LogP contribution >= 0.6 is 0 Å². The molecule has 2 N–H and O–H groups in total. The largest absolute Gasteiger partial charge is 0.273 e. The van der Waals surface area contributed by atoms with Crippen molar-refractivity contribution in [3.05, 3.63) is 167 Å². The number of anilines is 2. The van der Waals surface area contributed by atoms with Crippen molar-refractivity contribution in [2.24, 2.45) is 10.2 Å². The lowest BCUT2D eigenvalue weighted by Crippen LogP contribution is -2.32. The van der Waals surface area contributed by atoms with Crippen molar-refractivity contribution < 1.29 is 26.4 Å². The normalized spacial score (nSPS) is 11.7. The Morgan fingerprint density at radius 2 is 0.846 bits per heavy atom. The van der Waals surface area contributed by atoms with Crippen LogP contribution in [0, 0.1) is 0 Å². The quantitative estimate of drug-likeness (QED) is 0.119. The van der Waals surface area contributed by atoms with Gasteiger partial charge < -0.3 is 0 Å². The van der Waals surface area contributed by atoms with E-state index in [2.05, 4.69) is 21.1 Å². The van der Waals surface area contributed by atoms with Crippen molar-refractivity contribution in [2.75, 3.05) is 21.1 Å². The van der Waals surface area contributed by atoms with Gasteiger partial charge >= 0.3 is 0 Å².